The third-order valence-electron chi connectivity index (χ3n) is 2.73. The van der Waals surface area contributed by atoms with E-state index in [1.807, 2.05) is 11.3 Å². The predicted molar refractivity (Wildman–Crippen MR) is 76.9 cm³/mol. The second-order valence-electron chi connectivity index (χ2n) is 4.69. The molecule has 0 bridgehead atoms. The fourth-order valence-corrected chi connectivity index (χ4v) is 2.26. The molecule has 1 heterocycles. The molecule has 1 N–H and O–H groups in total. The molecule has 0 fully saturated rings. The Labute approximate surface area is 109 Å². The van der Waals surface area contributed by atoms with E-state index in [1.54, 1.807) is 0 Å². The second kappa shape index (κ2) is 8.64. The third-order valence-corrected chi connectivity index (χ3v) is 3.66. The van der Waals surface area contributed by atoms with Crippen LogP contribution in [0.15, 0.2) is 17.5 Å². The molecule has 1 aromatic heterocycles. The van der Waals surface area contributed by atoms with Gasteiger partial charge in [-0.2, -0.15) is 0 Å². The van der Waals surface area contributed by atoms with Gasteiger partial charge in [0.05, 0.1) is 0 Å². The zero-order valence-corrected chi connectivity index (χ0v) is 12.1. The lowest BCUT2D eigenvalue weighted by Crippen LogP contribution is -2.33. The summed E-state index contributed by atoms with van der Waals surface area (Å²) in [5.41, 5.74) is 0. The van der Waals surface area contributed by atoms with Crippen LogP contribution in [0.4, 0.5) is 0 Å². The molecule has 0 aliphatic carbocycles. The molecule has 0 aliphatic heterocycles. The molecular weight excluding hydrogens is 230 g/mol. The lowest BCUT2D eigenvalue weighted by atomic mass is 10.3. The summed E-state index contributed by atoms with van der Waals surface area (Å²) in [5, 5.41) is 5.61. The van der Waals surface area contributed by atoms with Crippen LogP contribution in [0.25, 0.3) is 0 Å². The van der Waals surface area contributed by atoms with Gasteiger partial charge < -0.3 is 15.1 Å². The number of rotatable bonds is 9. The number of nitrogens with one attached hydrogen (secondary N) is 1. The van der Waals surface area contributed by atoms with Crippen LogP contribution < -0.4 is 5.32 Å². The van der Waals surface area contributed by atoms with E-state index in [0.29, 0.717) is 0 Å². The molecule has 0 saturated heterocycles. The molecule has 0 atom stereocenters. The first-order valence-corrected chi connectivity index (χ1v) is 7.13. The first-order valence-electron chi connectivity index (χ1n) is 6.25. The Hall–Kier alpha value is -0.420. The summed E-state index contributed by atoms with van der Waals surface area (Å²) in [6.45, 7) is 5.54. The third kappa shape index (κ3) is 7.49. The van der Waals surface area contributed by atoms with Gasteiger partial charge in [-0.3, -0.25) is 0 Å². The molecule has 1 rings (SSSR count). The van der Waals surface area contributed by atoms with Crippen LogP contribution in [-0.4, -0.2) is 63.7 Å². The minimum Gasteiger partial charge on any atom is -0.314 e. The Kier molecular flexibility index (Phi) is 7.44. The van der Waals surface area contributed by atoms with Gasteiger partial charge in [-0.05, 0) is 39.0 Å². The lowest BCUT2D eigenvalue weighted by Gasteiger charge is -2.17. The van der Waals surface area contributed by atoms with Crippen molar-refractivity contribution in [2.45, 2.75) is 6.42 Å². The fraction of sp³-hybridized carbons (Fsp3) is 0.692. The van der Waals surface area contributed by atoms with Crippen LogP contribution in [0.1, 0.15) is 4.88 Å². The molecule has 0 radical (unpaired) electrons. The van der Waals surface area contributed by atoms with E-state index < -0.39 is 0 Å². The average Bonchev–Trinajstić information content (AvgIpc) is 2.78. The van der Waals surface area contributed by atoms with Gasteiger partial charge in [0.25, 0.3) is 0 Å². The van der Waals surface area contributed by atoms with Crippen LogP contribution in [0.5, 0.6) is 0 Å². The topological polar surface area (TPSA) is 18.5 Å². The van der Waals surface area contributed by atoms with E-state index >= 15 is 0 Å². The van der Waals surface area contributed by atoms with Gasteiger partial charge in [-0.1, -0.05) is 6.07 Å². The molecule has 0 amide bonds. The summed E-state index contributed by atoms with van der Waals surface area (Å²) in [5.74, 6) is 0. The van der Waals surface area contributed by atoms with E-state index in [2.05, 4.69) is 53.8 Å². The van der Waals surface area contributed by atoms with Gasteiger partial charge in [0.1, 0.15) is 0 Å². The Morgan fingerprint density at radius 3 is 2.53 bits per heavy atom. The molecule has 3 nitrogen and oxygen atoms in total. The molecule has 1 aromatic rings. The zero-order chi connectivity index (χ0) is 12.5. The smallest absolute Gasteiger partial charge is 0.0104 e. The molecule has 17 heavy (non-hydrogen) atoms. The maximum absolute atomic E-state index is 3.46. The van der Waals surface area contributed by atoms with Crippen molar-refractivity contribution in [1.29, 1.82) is 0 Å². The SMILES string of the molecule is CN(C)CCNCCN(C)CCc1cccs1. The van der Waals surface area contributed by atoms with Crippen LogP contribution in [0, 0.1) is 0 Å². The van der Waals surface area contributed by atoms with Gasteiger partial charge in [0, 0.05) is 37.6 Å². The highest BCUT2D eigenvalue weighted by Gasteiger charge is 1.99. The van der Waals surface area contributed by atoms with Crippen molar-refractivity contribution in [3.8, 4) is 0 Å². The Balaban J connectivity index is 1.96. The highest BCUT2D eigenvalue weighted by molar-refractivity contribution is 7.09. The van der Waals surface area contributed by atoms with E-state index in [0.717, 1.165) is 32.7 Å². The van der Waals surface area contributed by atoms with Crippen LogP contribution in [0.3, 0.4) is 0 Å². The van der Waals surface area contributed by atoms with Crippen molar-refractivity contribution in [2.24, 2.45) is 0 Å². The Morgan fingerprint density at radius 2 is 1.88 bits per heavy atom. The normalized spacial score (nSPS) is 11.6. The van der Waals surface area contributed by atoms with Crippen LogP contribution >= 0.6 is 11.3 Å². The predicted octanol–water partition coefficient (Wildman–Crippen LogP) is 1.37. The largest absolute Gasteiger partial charge is 0.314 e. The first-order chi connectivity index (χ1) is 8.18. The first kappa shape index (κ1) is 14.6. The summed E-state index contributed by atoms with van der Waals surface area (Å²) < 4.78 is 0. The van der Waals surface area contributed by atoms with E-state index in [-0.39, 0.29) is 0 Å². The van der Waals surface area contributed by atoms with Gasteiger partial charge >= 0.3 is 0 Å². The summed E-state index contributed by atoms with van der Waals surface area (Å²) in [7, 11) is 6.41. The van der Waals surface area contributed by atoms with E-state index in [1.165, 1.54) is 11.3 Å². The minimum atomic E-state index is 1.08. The monoisotopic (exact) mass is 255 g/mol. The number of hydrogen-bond donors (Lipinski definition) is 1. The number of thiophene rings is 1. The standard InChI is InChI=1S/C13H25N3S/c1-15(2)10-7-14-8-11-16(3)9-6-13-5-4-12-17-13/h4-5,12,14H,6-11H2,1-3H3. The molecule has 98 valence electrons. The van der Waals surface area contributed by atoms with Crippen molar-refractivity contribution in [3.05, 3.63) is 22.4 Å². The highest BCUT2D eigenvalue weighted by Crippen LogP contribution is 2.09. The van der Waals surface area contributed by atoms with Gasteiger partial charge in [-0.15, -0.1) is 11.3 Å². The molecule has 4 heteroatoms. The number of likely N-dealkylation sites (N-methyl/N-ethyl adjacent to an activating group) is 2. The summed E-state index contributed by atoms with van der Waals surface area (Å²) >= 11 is 1.85. The fourth-order valence-electron chi connectivity index (χ4n) is 1.57. The van der Waals surface area contributed by atoms with Crippen molar-refractivity contribution < 1.29 is 0 Å². The van der Waals surface area contributed by atoms with Crippen molar-refractivity contribution in [3.63, 3.8) is 0 Å². The summed E-state index contributed by atoms with van der Waals surface area (Å²) in [6, 6.07) is 4.34. The maximum Gasteiger partial charge on any atom is 0.0104 e. The van der Waals surface area contributed by atoms with Gasteiger partial charge in [0.15, 0.2) is 0 Å². The van der Waals surface area contributed by atoms with Gasteiger partial charge in [0.2, 0.25) is 0 Å². The van der Waals surface area contributed by atoms with E-state index in [9.17, 15) is 0 Å². The summed E-state index contributed by atoms with van der Waals surface area (Å²) in [6.07, 6.45) is 1.17. The van der Waals surface area contributed by atoms with Crippen LogP contribution in [0.2, 0.25) is 0 Å². The van der Waals surface area contributed by atoms with E-state index in [4.69, 9.17) is 0 Å². The van der Waals surface area contributed by atoms with Crippen molar-refractivity contribution in [2.75, 3.05) is 53.9 Å². The lowest BCUT2D eigenvalue weighted by molar-refractivity contribution is 0.329. The molecule has 0 aromatic carbocycles. The number of hydrogen-bond acceptors (Lipinski definition) is 4. The van der Waals surface area contributed by atoms with Crippen molar-refractivity contribution in [1.82, 2.24) is 15.1 Å². The summed E-state index contributed by atoms with van der Waals surface area (Å²) in [4.78, 5) is 6.08. The van der Waals surface area contributed by atoms with Gasteiger partial charge in [-0.25, -0.2) is 0 Å². The zero-order valence-electron chi connectivity index (χ0n) is 11.3. The van der Waals surface area contributed by atoms with Crippen molar-refractivity contribution >= 4 is 11.3 Å². The highest BCUT2D eigenvalue weighted by atomic mass is 32.1. The Bertz CT molecular complexity index is 272. The quantitative estimate of drug-likeness (QED) is 0.673. The second-order valence-corrected chi connectivity index (χ2v) is 5.72. The Morgan fingerprint density at radius 1 is 1.12 bits per heavy atom. The molecule has 0 aliphatic rings. The number of nitrogens with zero attached hydrogens (tertiary/aromatic N) is 2. The van der Waals surface area contributed by atoms with Crippen LogP contribution in [-0.2, 0) is 6.42 Å². The molecule has 0 unspecified atom stereocenters. The molecule has 0 spiro atoms. The average molecular weight is 255 g/mol. The molecule has 0 saturated carbocycles. The minimum absolute atomic E-state index is 1.08. The maximum atomic E-state index is 3.46. The molecular formula is C13H25N3S.